The topological polar surface area (TPSA) is 67.9 Å². The van der Waals surface area contributed by atoms with E-state index < -0.39 is 6.04 Å². The standard InChI is InChI=1S/C29H40N2O4/c1-5-34-26-17-15-23(19-27(26)35-6-2)16-18-28(32)31(20-24-12-8-7-11-21(24)3)22(4)29(33)30-25-13-9-10-14-25/h7-8,11-12,15,17,19,22,25H,5-6,9-10,13-14,16,18,20H2,1-4H3,(H,30,33). The fourth-order valence-electron chi connectivity index (χ4n) is 4.59. The zero-order chi connectivity index (χ0) is 25.2. The SMILES string of the molecule is CCOc1ccc(CCC(=O)N(Cc2ccccc2C)C(C)C(=O)NC2CCCC2)cc1OCC. The zero-order valence-electron chi connectivity index (χ0n) is 21.6. The lowest BCUT2D eigenvalue weighted by Gasteiger charge is -2.30. The molecule has 0 aliphatic heterocycles. The third-order valence-electron chi connectivity index (χ3n) is 6.71. The first kappa shape index (κ1) is 26.6. The smallest absolute Gasteiger partial charge is 0.242 e. The number of nitrogens with one attached hydrogen (secondary N) is 1. The number of carbonyl (C=O) groups is 2. The molecule has 1 aliphatic carbocycles. The van der Waals surface area contributed by atoms with E-state index in [1.807, 2.05) is 70.2 Å². The number of carbonyl (C=O) groups excluding carboxylic acids is 2. The second-order valence-corrected chi connectivity index (χ2v) is 9.26. The van der Waals surface area contributed by atoms with Crippen molar-refractivity contribution in [2.24, 2.45) is 0 Å². The van der Waals surface area contributed by atoms with Crippen molar-refractivity contribution in [1.29, 1.82) is 0 Å². The molecule has 0 spiro atoms. The Morgan fingerprint density at radius 2 is 1.71 bits per heavy atom. The molecule has 2 aromatic rings. The maximum absolute atomic E-state index is 13.5. The number of nitrogens with zero attached hydrogens (tertiary/aromatic N) is 1. The van der Waals surface area contributed by atoms with Crippen LogP contribution in [0.3, 0.4) is 0 Å². The highest BCUT2D eigenvalue weighted by molar-refractivity contribution is 5.87. The average Bonchev–Trinajstić information content (AvgIpc) is 3.36. The van der Waals surface area contributed by atoms with Crippen molar-refractivity contribution < 1.29 is 19.1 Å². The summed E-state index contributed by atoms with van der Waals surface area (Å²) >= 11 is 0. The van der Waals surface area contributed by atoms with Gasteiger partial charge in [-0.25, -0.2) is 0 Å². The molecule has 2 amide bonds. The lowest BCUT2D eigenvalue weighted by Crippen LogP contribution is -2.49. The molecule has 0 aromatic heterocycles. The highest BCUT2D eigenvalue weighted by Crippen LogP contribution is 2.29. The molecule has 0 saturated heterocycles. The molecule has 2 aromatic carbocycles. The number of amides is 2. The van der Waals surface area contributed by atoms with Gasteiger partial charge in [-0.3, -0.25) is 9.59 Å². The number of benzene rings is 2. The minimum absolute atomic E-state index is 0.0332. The van der Waals surface area contributed by atoms with Crippen molar-refractivity contribution in [3.8, 4) is 11.5 Å². The molecular formula is C29H40N2O4. The van der Waals surface area contributed by atoms with Crippen LogP contribution in [0.25, 0.3) is 0 Å². The number of hydrogen-bond acceptors (Lipinski definition) is 4. The second-order valence-electron chi connectivity index (χ2n) is 9.26. The molecule has 1 unspecified atom stereocenters. The van der Waals surface area contributed by atoms with Gasteiger partial charge in [-0.2, -0.15) is 0 Å². The molecule has 3 rings (SSSR count). The number of aryl methyl sites for hydroxylation is 2. The predicted molar refractivity (Wildman–Crippen MR) is 139 cm³/mol. The third-order valence-corrected chi connectivity index (χ3v) is 6.71. The number of hydrogen-bond donors (Lipinski definition) is 1. The van der Waals surface area contributed by atoms with Crippen LogP contribution in [0, 0.1) is 6.92 Å². The van der Waals surface area contributed by atoms with E-state index in [-0.39, 0.29) is 17.9 Å². The maximum Gasteiger partial charge on any atom is 0.242 e. The Hall–Kier alpha value is -3.02. The van der Waals surface area contributed by atoms with Crippen LogP contribution in [0.1, 0.15) is 69.6 Å². The van der Waals surface area contributed by atoms with Gasteiger partial charge in [-0.15, -0.1) is 0 Å². The molecule has 0 bridgehead atoms. The summed E-state index contributed by atoms with van der Waals surface area (Å²) in [6.45, 7) is 9.27. The van der Waals surface area contributed by atoms with E-state index in [0.717, 1.165) is 42.4 Å². The Kier molecular flexibility index (Phi) is 10.0. The highest BCUT2D eigenvalue weighted by atomic mass is 16.5. The predicted octanol–water partition coefficient (Wildman–Crippen LogP) is 5.20. The third kappa shape index (κ3) is 7.48. The van der Waals surface area contributed by atoms with Crippen LogP contribution in [0.4, 0.5) is 0 Å². The van der Waals surface area contributed by atoms with E-state index >= 15 is 0 Å². The fourth-order valence-corrected chi connectivity index (χ4v) is 4.59. The van der Waals surface area contributed by atoms with Crippen LogP contribution in [-0.2, 0) is 22.6 Å². The van der Waals surface area contributed by atoms with Crippen molar-refractivity contribution in [2.75, 3.05) is 13.2 Å². The first-order chi connectivity index (χ1) is 16.9. The van der Waals surface area contributed by atoms with Crippen molar-refractivity contribution in [1.82, 2.24) is 10.2 Å². The van der Waals surface area contributed by atoms with Gasteiger partial charge in [0.25, 0.3) is 0 Å². The molecular weight excluding hydrogens is 440 g/mol. The van der Waals surface area contributed by atoms with E-state index in [9.17, 15) is 9.59 Å². The molecule has 190 valence electrons. The van der Waals surface area contributed by atoms with Crippen LogP contribution in [0.5, 0.6) is 11.5 Å². The summed E-state index contributed by atoms with van der Waals surface area (Å²) in [5.41, 5.74) is 3.17. The molecule has 1 N–H and O–H groups in total. The lowest BCUT2D eigenvalue weighted by molar-refractivity contribution is -0.140. The molecule has 1 atom stereocenters. The molecule has 0 heterocycles. The van der Waals surface area contributed by atoms with Gasteiger partial charge in [0.1, 0.15) is 6.04 Å². The van der Waals surface area contributed by atoms with Crippen LogP contribution >= 0.6 is 0 Å². The van der Waals surface area contributed by atoms with Gasteiger partial charge < -0.3 is 19.7 Å². The quantitative estimate of drug-likeness (QED) is 0.453. The number of ether oxygens (including phenoxy) is 2. The van der Waals surface area contributed by atoms with Gasteiger partial charge in [-0.1, -0.05) is 43.2 Å². The summed E-state index contributed by atoms with van der Waals surface area (Å²) in [5, 5.41) is 3.16. The Bertz CT molecular complexity index is 984. The molecule has 1 saturated carbocycles. The van der Waals surface area contributed by atoms with E-state index in [0.29, 0.717) is 44.1 Å². The molecule has 1 fully saturated rings. The van der Waals surface area contributed by atoms with Crippen molar-refractivity contribution >= 4 is 11.8 Å². The largest absolute Gasteiger partial charge is 0.490 e. The van der Waals surface area contributed by atoms with Gasteiger partial charge in [-0.05, 0) is 75.8 Å². The minimum atomic E-state index is -0.540. The summed E-state index contributed by atoms with van der Waals surface area (Å²) < 4.78 is 11.4. The summed E-state index contributed by atoms with van der Waals surface area (Å²) in [4.78, 5) is 28.3. The molecule has 1 aliphatic rings. The zero-order valence-corrected chi connectivity index (χ0v) is 21.6. The summed E-state index contributed by atoms with van der Waals surface area (Å²) in [6, 6.07) is 13.5. The van der Waals surface area contributed by atoms with Crippen LogP contribution in [0.15, 0.2) is 42.5 Å². The van der Waals surface area contributed by atoms with Crippen molar-refractivity contribution in [2.45, 2.75) is 84.8 Å². The van der Waals surface area contributed by atoms with E-state index in [2.05, 4.69) is 5.32 Å². The van der Waals surface area contributed by atoms with Crippen LogP contribution in [0.2, 0.25) is 0 Å². The second kappa shape index (κ2) is 13.2. The fraction of sp³-hybridized carbons (Fsp3) is 0.517. The van der Waals surface area contributed by atoms with Crippen molar-refractivity contribution in [3.63, 3.8) is 0 Å². The first-order valence-corrected chi connectivity index (χ1v) is 13.0. The Labute approximate surface area is 210 Å². The molecule has 35 heavy (non-hydrogen) atoms. The van der Waals surface area contributed by atoms with Gasteiger partial charge >= 0.3 is 0 Å². The van der Waals surface area contributed by atoms with Gasteiger partial charge in [0, 0.05) is 19.0 Å². The van der Waals surface area contributed by atoms with Gasteiger partial charge in [0.05, 0.1) is 13.2 Å². The summed E-state index contributed by atoms with van der Waals surface area (Å²) in [7, 11) is 0. The molecule has 0 radical (unpaired) electrons. The average molecular weight is 481 g/mol. The normalized spacial score (nSPS) is 14.4. The number of rotatable bonds is 12. The van der Waals surface area contributed by atoms with E-state index in [1.165, 1.54) is 0 Å². The van der Waals surface area contributed by atoms with Crippen LogP contribution < -0.4 is 14.8 Å². The summed E-state index contributed by atoms with van der Waals surface area (Å²) in [6.07, 6.45) is 5.21. The lowest BCUT2D eigenvalue weighted by atomic mass is 10.0. The molecule has 6 heteroatoms. The monoisotopic (exact) mass is 480 g/mol. The summed E-state index contributed by atoms with van der Waals surface area (Å²) in [5.74, 6) is 1.30. The first-order valence-electron chi connectivity index (χ1n) is 13.0. The molecule has 6 nitrogen and oxygen atoms in total. The van der Waals surface area contributed by atoms with Gasteiger partial charge in [0.2, 0.25) is 11.8 Å². The van der Waals surface area contributed by atoms with Crippen molar-refractivity contribution in [3.05, 3.63) is 59.2 Å². The van der Waals surface area contributed by atoms with E-state index in [4.69, 9.17) is 9.47 Å². The van der Waals surface area contributed by atoms with Gasteiger partial charge in [0.15, 0.2) is 11.5 Å². The van der Waals surface area contributed by atoms with Crippen LogP contribution in [-0.4, -0.2) is 42.0 Å². The maximum atomic E-state index is 13.5. The Morgan fingerprint density at radius 3 is 2.40 bits per heavy atom. The Balaban J connectivity index is 1.73. The minimum Gasteiger partial charge on any atom is -0.490 e. The highest BCUT2D eigenvalue weighted by Gasteiger charge is 2.28. The Morgan fingerprint density at radius 1 is 1.03 bits per heavy atom. The van der Waals surface area contributed by atoms with E-state index in [1.54, 1.807) is 4.90 Å².